The third kappa shape index (κ3) is 3.96. The van der Waals surface area contributed by atoms with E-state index in [-0.39, 0.29) is 29.3 Å². The van der Waals surface area contributed by atoms with E-state index in [1.165, 1.54) is 0 Å². The van der Waals surface area contributed by atoms with E-state index >= 15 is 0 Å². The highest BCUT2D eigenvalue weighted by atomic mass is 19.4. The van der Waals surface area contributed by atoms with Crippen molar-refractivity contribution in [2.24, 2.45) is 11.3 Å². The van der Waals surface area contributed by atoms with E-state index < -0.39 is 11.7 Å². The molecule has 7 heteroatoms. The lowest BCUT2D eigenvalue weighted by Crippen LogP contribution is -2.32. The largest absolute Gasteiger partial charge is 0.490 e. The van der Waals surface area contributed by atoms with Crippen molar-refractivity contribution in [3.05, 3.63) is 59.8 Å². The van der Waals surface area contributed by atoms with Gasteiger partial charge >= 0.3 is 6.18 Å². The molecule has 0 saturated heterocycles. The molecule has 0 spiro atoms. The quantitative estimate of drug-likeness (QED) is 0.474. The van der Waals surface area contributed by atoms with Crippen LogP contribution in [0, 0.1) is 11.3 Å². The van der Waals surface area contributed by atoms with Gasteiger partial charge in [-0.05, 0) is 66.5 Å². The van der Waals surface area contributed by atoms with E-state index in [9.17, 15) is 18.0 Å². The molecule has 1 unspecified atom stereocenters. The van der Waals surface area contributed by atoms with Crippen molar-refractivity contribution in [3.8, 4) is 5.75 Å². The van der Waals surface area contributed by atoms with Crippen LogP contribution in [0.5, 0.6) is 5.75 Å². The molecular weight excluding hydrogens is 417 g/mol. The lowest BCUT2D eigenvalue weighted by molar-refractivity contribution is -0.137. The van der Waals surface area contributed by atoms with Gasteiger partial charge in [-0.15, -0.1) is 0 Å². The highest BCUT2D eigenvalue weighted by Gasteiger charge is 2.50. The van der Waals surface area contributed by atoms with Crippen LogP contribution in [0.25, 0.3) is 10.9 Å². The van der Waals surface area contributed by atoms with Gasteiger partial charge in [0.15, 0.2) is 0 Å². The number of carbonyl (C=O) groups is 1. The van der Waals surface area contributed by atoms with E-state index in [1.54, 1.807) is 18.3 Å². The van der Waals surface area contributed by atoms with Gasteiger partial charge in [0.1, 0.15) is 5.75 Å². The first-order chi connectivity index (χ1) is 15.1. The van der Waals surface area contributed by atoms with Gasteiger partial charge in [0.2, 0.25) is 5.91 Å². The van der Waals surface area contributed by atoms with Crippen molar-refractivity contribution in [1.29, 1.82) is 0 Å². The van der Waals surface area contributed by atoms with Gasteiger partial charge in [-0.1, -0.05) is 26.0 Å². The van der Waals surface area contributed by atoms with Crippen LogP contribution in [-0.4, -0.2) is 17.0 Å². The summed E-state index contributed by atoms with van der Waals surface area (Å²) in [6.45, 7) is 4.18. The number of halogens is 3. The Morgan fingerprint density at radius 1 is 1.12 bits per heavy atom. The van der Waals surface area contributed by atoms with Crippen molar-refractivity contribution in [3.63, 3.8) is 0 Å². The average Bonchev–Trinajstić information content (AvgIpc) is 3.18. The first-order valence-corrected chi connectivity index (χ1v) is 10.9. The number of amides is 1. The molecule has 2 N–H and O–H groups in total. The summed E-state index contributed by atoms with van der Waals surface area (Å²) in [5.74, 6) is 1.01. The van der Waals surface area contributed by atoms with E-state index in [0.717, 1.165) is 59.3 Å². The molecule has 2 saturated carbocycles. The highest BCUT2D eigenvalue weighted by molar-refractivity contribution is 6.03. The van der Waals surface area contributed by atoms with Gasteiger partial charge in [-0.25, -0.2) is 0 Å². The predicted molar refractivity (Wildman–Crippen MR) is 117 cm³/mol. The van der Waals surface area contributed by atoms with Crippen LogP contribution in [0.3, 0.4) is 0 Å². The predicted octanol–water partition coefficient (Wildman–Crippen LogP) is 6.50. The molecule has 1 heterocycles. The average molecular weight is 442 g/mol. The molecule has 1 amide bonds. The number of aromatic nitrogens is 1. The number of H-pyrrole nitrogens is 1. The molecule has 2 fully saturated rings. The summed E-state index contributed by atoms with van der Waals surface area (Å²) >= 11 is 0. The zero-order valence-electron chi connectivity index (χ0n) is 17.9. The van der Waals surface area contributed by atoms with Crippen molar-refractivity contribution < 1.29 is 22.7 Å². The fourth-order valence-electron chi connectivity index (χ4n) is 4.48. The number of fused-ring (bicyclic) bond motifs is 1. The van der Waals surface area contributed by atoms with E-state index in [4.69, 9.17) is 4.74 Å². The Labute approximate surface area is 184 Å². The van der Waals surface area contributed by atoms with Crippen molar-refractivity contribution >= 4 is 22.5 Å². The minimum absolute atomic E-state index is 0.0176. The first kappa shape index (κ1) is 20.9. The normalized spacial score (nSPS) is 24.1. The second kappa shape index (κ2) is 7.29. The molecule has 1 atom stereocenters. The van der Waals surface area contributed by atoms with Gasteiger partial charge in [-0.3, -0.25) is 4.79 Å². The van der Waals surface area contributed by atoms with Gasteiger partial charge in [-0.2, -0.15) is 13.2 Å². The third-order valence-electron chi connectivity index (χ3n) is 6.85. The number of benzene rings is 2. The minimum atomic E-state index is -4.31. The minimum Gasteiger partial charge on any atom is -0.490 e. The molecule has 2 aliphatic rings. The Balaban J connectivity index is 1.21. The van der Waals surface area contributed by atoms with Crippen LogP contribution in [0.2, 0.25) is 0 Å². The van der Waals surface area contributed by atoms with E-state index in [0.29, 0.717) is 0 Å². The Morgan fingerprint density at radius 3 is 2.44 bits per heavy atom. The molecular formula is C25H25F3N2O2. The fraction of sp³-hybridized carbons (Fsp3) is 0.400. The highest BCUT2D eigenvalue weighted by Crippen LogP contribution is 2.52. The molecule has 4 nitrogen and oxygen atoms in total. The summed E-state index contributed by atoms with van der Waals surface area (Å²) in [6.07, 6.45) is -0.0750. The molecule has 2 aliphatic carbocycles. The number of hydrogen-bond donors (Lipinski definition) is 2. The standard InChI is InChI=1S/C25H25F3N2O2/c1-24(2)12-20(24)23(31)30-22-13-29-21-8-7-17(11-19(21)22)32-18-9-15(10-18)14-3-5-16(6-4-14)25(26,27)28/h3-8,11,13,15,18,20,29H,9-10,12H2,1-2H3,(H,30,31)/t15-,18-,20?. The zero-order valence-corrected chi connectivity index (χ0v) is 17.9. The topological polar surface area (TPSA) is 54.1 Å². The van der Waals surface area contributed by atoms with E-state index in [1.807, 2.05) is 18.2 Å². The Bertz CT molecular complexity index is 1160. The molecule has 3 aromatic rings. The molecule has 0 bridgehead atoms. The van der Waals surface area contributed by atoms with Crippen LogP contribution in [0.1, 0.15) is 50.2 Å². The molecule has 1 aromatic heterocycles. The van der Waals surface area contributed by atoms with Crippen LogP contribution in [0.4, 0.5) is 18.9 Å². The molecule has 32 heavy (non-hydrogen) atoms. The lowest BCUT2D eigenvalue weighted by atomic mass is 9.77. The lowest BCUT2D eigenvalue weighted by Gasteiger charge is -2.35. The van der Waals surface area contributed by atoms with Gasteiger partial charge < -0.3 is 15.0 Å². The Hall–Kier alpha value is -2.96. The summed E-state index contributed by atoms with van der Waals surface area (Å²) in [7, 11) is 0. The maximum atomic E-state index is 12.7. The molecule has 2 aromatic carbocycles. The van der Waals surface area contributed by atoms with Crippen LogP contribution < -0.4 is 10.1 Å². The maximum absolute atomic E-state index is 12.7. The van der Waals surface area contributed by atoms with Gasteiger partial charge in [0.05, 0.1) is 17.4 Å². The number of alkyl halides is 3. The number of hydrogen-bond acceptors (Lipinski definition) is 2. The van der Waals surface area contributed by atoms with Crippen LogP contribution in [-0.2, 0) is 11.0 Å². The van der Waals surface area contributed by atoms with Gasteiger partial charge in [0.25, 0.3) is 0 Å². The number of rotatable bonds is 5. The van der Waals surface area contributed by atoms with Gasteiger partial charge in [0, 0.05) is 23.0 Å². The monoisotopic (exact) mass is 442 g/mol. The third-order valence-corrected chi connectivity index (χ3v) is 6.85. The van der Waals surface area contributed by atoms with Crippen molar-refractivity contribution in [1.82, 2.24) is 4.98 Å². The SMILES string of the molecule is CC1(C)CC1C(=O)Nc1c[nH]c2ccc(O[C@H]3C[C@H](c4ccc(C(F)(F)F)cc4)C3)cc12. The number of aromatic amines is 1. The van der Waals surface area contributed by atoms with Crippen LogP contribution >= 0.6 is 0 Å². The zero-order chi connectivity index (χ0) is 22.7. The molecule has 5 rings (SSSR count). The number of carbonyl (C=O) groups excluding carboxylic acids is 1. The number of nitrogens with one attached hydrogen (secondary N) is 2. The molecule has 0 radical (unpaired) electrons. The van der Waals surface area contributed by atoms with Crippen molar-refractivity contribution in [2.75, 3.05) is 5.32 Å². The summed E-state index contributed by atoms with van der Waals surface area (Å²) in [6, 6.07) is 11.1. The van der Waals surface area contributed by atoms with E-state index in [2.05, 4.69) is 24.1 Å². The summed E-state index contributed by atoms with van der Waals surface area (Å²) in [5.41, 5.74) is 2.01. The molecule has 168 valence electrons. The fourth-order valence-corrected chi connectivity index (χ4v) is 4.48. The second-order valence-corrected chi connectivity index (χ2v) is 9.67. The summed E-state index contributed by atoms with van der Waals surface area (Å²) < 4.78 is 44.3. The Morgan fingerprint density at radius 2 is 1.81 bits per heavy atom. The first-order valence-electron chi connectivity index (χ1n) is 10.9. The number of anilines is 1. The second-order valence-electron chi connectivity index (χ2n) is 9.67. The number of ether oxygens (including phenoxy) is 1. The molecule has 0 aliphatic heterocycles. The summed E-state index contributed by atoms with van der Waals surface area (Å²) in [5, 5.41) is 3.93. The summed E-state index contributed by atoms with van der Waals surface area (Å²) in [4.78, 5) is 15.7. The smallest absolute Gasteiger partial charge is 0.416 e. The van der Waals surface area contributed by atoms with Crippen LogP contribution in [0.15, 0.2) is 48.7 Å². The maximum Gasteiger partial charge on any atom is 0.416 e. The van der Waals surface area contributed by atoms with Crippen molar-refractivity contribution in [2.45, 2.75) is 51.3 Å². The Kier molecular flexibility index (Phi) is 4.76.